The number of amides is 1. The van der Waals surface area contributed by atoms with E-state index in [9.17, 15) is 19.5 Å². The smallest absolute Gasteiger partial charge is 0.417 e. The maximum absolute atomic E-state index is 12.8. The van der Waals surface area contributed by atoms with Gasteiger partial charge in [-0.25, -0.2) is 23.9 Å². The molecule has 1 amide bonds. The Kier molecular flexibility index (Phi) is 7.98. The molecule has 1 N–H and O–H groups in total. The van der Waals surface area contributed by atoms with Gasteiger partial charge in [0.2, 0.25) is 11.7 Å². The van der Waals surface area contributed by atoms with Crippen LogP contribution in [0, 0.1) is 6.92 Å². The van der Waals surface area contributed by atoms with E-state index in [1.54, 1.807) is 83.3 Å². The molecule has 0 fully saturated rings. The van der Waals surface area contributed by atoms with E-state index in [0.717, 1.165) is 4.57 Å². The number of rotatable bonds is 7. The van der Waals surface area contributed by atoms with E-state index in [-0.39, 0.29) is 18.1 Å². The Labute approximate surface area is 230 Å². The Bertz CT molecular complexity index is 1520. The van der Waals surface area contributed by atoms with E-state index < -0.39 is 29.7 Å². The summed E-state index contributed by atoms with van der Waals surface area (Å²) in [7, 11) is 1.56. The zero-order chi connectivity index (χ0) is 29.0. The second-order valence-corrected chi connectivity index (χ2v) is 10.0. The van der Waals surface area contributed by atoms with Gasteiger partial charge in [-0.3, -0.25) is 0 Å². The quantitative estimate of drug-likeness (QED) is 0.248. The molecule has 0 saturated carbocycles. The molecular formula is C28H29N5O7. The topological polar surface area (TPSA) is 150 Å². The van der Waals surface area contributed by atoms with Crippen LogP contribution in [0.15, 0.2) is 65.4 Å². The standard InChI is InChI=1S/C28H29N5O7/c1-17-30-23(31-40-17)19-7-6-8-20(15-19)25(34)38-21-11-9-18(10-12-21)22(24-29-13-14-33(24)26(35)36)16-32(5)27(37)39-28(2,3)4/h6-15,22H,16H2,1-5H3,(H,35,36). The van der Waals surface area contributed by atoms with E-state index in [0.29, 0.717) is 28.4 Å². The molecule has 1 atom stereocenters. The number of carbonyl (C=O) groups excluding carboxylic acids is 2. The van der Waals surface area contributed by atoms with Crippen molar-refractivity contribution in [3.05, 3.63) is 83.8 Å². The maximum Gasteiger partial charge on any atom is 0.417 e. The normalized spacial score (nSPS) is 12.0. The summed E-state index contributed by atoms with van der Waals surface area (Å²) in [6, 6.07) is 13.2. The Morgan fingerprint density at radius 1 is 1.12 bits per heavy atom. The van der Waals surface area contributed by atoms with Gasteiger partial charge in [-0.2, -0.15) is 4.98 Å². The van der Waals surface area contributed by atoms with Crippen LogP contribution < -0.4 is 4.74 Å². The number of aromatic nitrogens is 4. The third-order valence-electron chi connectivity index (χ3n) is 5.73. The maximum atomic E-state index is 12.8. The molecule has 2 aromatic carbocycles. The third kappa shape index (κ3) is 6.70. The average molecular weight is 548 g/mol. The molecule has 0 bridgehead atoms. The van der Waals surface area contributed by atoms with Crippen LogP contribution >= 0.6 is 0 Å². The fourth-order valence-electron chi connectivity index (χ4n) is 3.89. The highest BCUT2D eigenvalue weighted by atomic mass is 16.6. The van der Waals surface area contributed by atoms with Crippen LogP contribution in [0.4, 0.5) is 9.59 Å². The summed E-state index contributed by atoms with van der Waals surface area (Å²) in [6.45, 7) is 7.04. The third-order valence-corrected chi connectivity index (χ3v) is 5.73. The lowest BCUT2D eigenvalue weighted by Crippen LogP contribution is -2.37. The van der Waals surface area contributed by atoms with Crippen molar-refractivity contribution in [2.45, 2.75) is 39.2 Å². The van der Waals surface area contributed by atoms with Crippen molar-refractivity contribution < 1.29 is 33.5 Å². The van der Waals surface area contributed by atoms with Crippen LogP contribution in [0.3, 0.4) is 0 Å². The molecule has 2 heterocycles. The van der Waals surface area contributed by atoms with Gasteiger partial charge in [0.25, 0.3) is 0 Å². The van der Waals surface area contributed by atoms with Crippen molar-refractivity contribution in [3.8, 4) is 17.1 Å². The molecule has 2 aromatic heterocycles. The fraction of sp³-hybridized carbons (Fsp3) is 0.286. The van der Waals surface area contributed by atoms with Gasteiger partial charge in [0.05, 0.1) is 11.5 Å². The van der Waals surface area contributed by atoms with Gasteiger partial charge in [0, 0.05) is 38.5 Å². The molecule has 12 nitrogen and oxygen atoms in total. The van der Waals surface area contributed by atoms with Gasteiger partial charge < -0.3 is 24.0 Å². The number of likely N-dealkylation sites (N-methyl/N-ethyl adjacent to an activating group) is 1. The van der Waals surface area contributed by atoms with Gasteiger partial charge in [-0.05, 0) is 50.6 Å². The average Bonchev–Trinajstić information content (AvgIpc) is 3.56. The van der Waals surface area contributed by atoms with E-state index >= 15 is 0 Å². The van der Waals surface area contributed by atoms with Crippen molar-refractivity contribution in [1.29, 1.82) is 0 Å². The van der Waals surface area contributed by atoms with Gasteiger partial charge in [0.1, 0.15) is 17.2 Å². The summed E-state index contributed by atoms with van der Waals surface area (Å²) in [4.78, 5) is 47.1. The van der Waals surface area contributed by atoms with Crippen LogP contribution in [0.5, 0.6) is 5.75 Å². The Morgan fingerprint density at radius 3 is 2.48 bits per heavy atom. The first kappa shape index (κ1) is 28.0. The first-order valence-electron chi connectivity index (χ1n) is 12.3. The summed E-state index contributed by atoms with van der Waals surface area (Å²) < 4.78 is 17.0. The lowest BCUT2D eigenvalue weighted by Gasteiger charge is -2.27. The fourth-order valence-corrected chi connectivity index (χ4v) is 3.89. The Balaban J connectivity index is 1.55. The summed E-state index contributed by atoms with van der Waals surface area (Å²) >= 11 is 0. The molecule has 4 rings (SSSR count). The van der Waals surface area contributed by atoms with Gasteiger partial charge in [0.15, 0.2) is 0 Å². The first-order valence-corrected chi connectivity index (χ1v) is 12.3. The van der Waals surface area contributed by atoms with Crippen molar-refractivity contribution in [2.75, 3.05) is 13.6 Å². The molecular weight excluding hydrogens is 518 g/mol. The zero-order valence-corrected chi connectivity index (χ0v) is 22.7. The Hall–Kier alpha value is -5.00. The second-order valence-electron chi connectivity index (χ2n) is 10.0. The van der Waals surface area contributed by atoms with Crippen molar-refractivity contribution >= 4 is 18.2 Å². The van der Waals surface area contributed by atoms with Gasteiger partial charge >= 0.3 is 18.2 Å². The number of carboxylic acid groups (broad SMARTS) is 1. The summed E-state index contributed by atoms with van der Waals surface area (Å²) in [5, 5.41) is 13.5. The van der Waals surface area contributed by atoms with Crippen LogP contribution in [0.25, 0.3) is 11.4 Å². The molecule has 0 aliphatic rings. The van der Waals surface area contributed by atoms with E-state index in [1.165, 1.54) is 17.3 Å². The highest BCUT2D eigenvalue weighted by Crippen LogP contribution is 2.28. The molecule has 0 aliphatic carbocycles. The largest absolute Gasteiger partial charge is 0.464 e. The van der Waals surface area contributed by atoms with Gasteiger partial charge in [-0.1, -0.05) is 29.4 Å². The molecule has 1 unspecified atom stereocenters. The lowest BCUT2D eigenvalue weighted by molar-refractivity contribution is 0.0292. The number of benzene rings is 2. The van der Waals surface area contributed by atoms with Gasteiger partial charge in [-0.15, -0.1) is 0 Å². The minimum Gasteiger partial charge on any atom is -0.464 e. The van der Waals surface area contributed by atoms with E-state index in [4.69, 9.17) is 14.0 Å². The number of carbonyl (C=O) groups is 3. The number of imidazole rings is 1. The lowest BCUT2D eigenvalue weighted by atomic mass is 9.97. The molecule has 0 aliphatic heterocycles. The highest BCUT2D eigenvalue weighted by molar-refractivity contribution is 5.92. The van der Waals surface area contributed by atoms with Crippen molar-refractivity contribution in [3.63, 3.8) is 0 Å². The zero-order valence-electron chi connectivity index (χ0n) is 22.7. The molecule has 0 radical (unpaired) electrons. The number of esters is 1. The van der Waals surface area contributed by atoms with Crippen LogP contribution in [0.2, 0.25) is 0 Å². The monoisotopic (exact) mass is 547 g/mol. The SMILES string of the molecule is Cc1nc(-c2cccc(C(=O)Oc3ccc(C(CN(C)C(=O)OC(C)(C)C)c4nccn4C(=O)O)cc3)c2)no1. The summed E-state index contributed by atoms with van der Waals surface area (Å²) in [5.74, 6) is 0.0561. The second kappa shape index (κ2) is 11.4. The molecule has 40 heavy (non-hydrogen) atoms. The molecule has 208 valence electrons. The molecule has 12 heteroatoms. The van der Waals surface area contributed by atoms with Crippen LogP contribution in [-0.2, 0) is 4.74 Å². The van der Waals surface area contributed by atoms with E-state index in [2.05, 4.69) is 15.1 Å². The molecule has 4 aromatic rings. The predicted molar refractivity (Wildman–Crippen MR) is 142 cm³/mol. The van der Waals surface area contributed by atoms with Crippen molar-refractivity contribution in [1.82, 2.24) is 24.6 Å². The summed E-state index contributed by atoms with van der Waals surface area (Å²) in [5.41, 5.74) is 0.853. The number of nitrogens with zero attached hydrogens (tertiary/aromatic N) is 5. The number of hydrogen-bond acceptors (Lipinski definition) is 9. The van der Waals surface area contributed by atoms with Crippen LogP contribution in [-0.4, -0.2) is 67.0 Å². The summed E-state index contributed by atoms with van der Waals surface area (Å²) in [6.07, 6.45) is 0.943. The van der Waals surface area contributed by atoms with Crippen LogP contribution in [0.1, 0.15) is 54.3 Å². The minimum atomic E-state index is -1.21. The van der Waals surface area contributed by atoms with Crippen molar-refractivity contribution in [2.24, 2.45) is 0 Å². The molecule has 0 spiro atoms. The predicted octanol–water partition coefficient (Wildman–Crippen LogP) is 4.99. The number of hydrogen-bond donors (Lipinski definition) is 1. The first-order chi connectivity index (χ1) is 18.9. The highest BCUT2D eigenvalue weighted by Gasteiger charge is 2.27. The number of aryl methyl sites for hydroxylation is 1. The number of ether oxygens (including phenoxy) is 2. The Morgan fingerprint density at radius 2 is 1.85 bits per heavy atom. The van der Waals surface area contributed by atoms with E-state index in [1.807, 2.05) is 0 Å². The minimum absolute atomic E-state index is 0.0840. The molecule has 0 saturated heterocycles.